The van der Waals surface area contributed by atoms with E-state index in [0.717, 1.165) is 5.56 Å². The van der Waals surface area contributed by atoms with Crippen LogP contribution < -0.4 is 10.2 Å². The number of hydrogen-bond donors (Lipinski definition) is 0. The van der Waals surface area contributed by atoms with E-state index in [-0.39, 0.29) is 16.6 Å². The fourth-order valence-corrected chi connectivity index (χ4v) is 3.46. The van der Waals surface area contributed by atoms with E-state index in [1.807, 2.05) is 0 Å². The number of benzene rings is 2. The molecule has 0 saturated heterocycles. The molecular weight excluding hydrogens is 349 g/mol. The second-order valence-electron chi connectivity index (χ2n) is 6.58. The number of fused-ring (bicyclic) bond motifs is 3. The van der Waals surface area contributed by atoms with Crippen molar-refractivity contribution >= 4 is 11.0 Å². The molecule has 140 valence electrons. The Hall–Kier alpha value is -2.70. The number of methoxy groups -OCH3 is 1. The predicted octanol–water partition coefficient (Wildman–Crippen LogP) is 3.71. The molecule has 0 amide bonds. The lowest BCUT2D eigenvalue weighted by Crippen LogP contribution is -2.34. The van der Waals surface area contributed by atoms with Gasteiger partial charge in [-0.25, -0.2) is 4.39 Å². The molecule has 5 nitrogen and oxygen atoms in total. The number of hydrogen-bond acceptors (Lipinski definition) is 5. The topological polar surface area (TPSA) is 51.9 Å². The molecule has 0 radical (unpaired) electrons. The van der Waals surface area contributed by atoms with Crippen LogP contribution in [0.5, 0.6) is 5.75 Å². The molecule has 3 aromatic rings. The molecule has 0 atom stereocenters. The van der Waals surface area contributed by atoms with Gasteiger partial charge in [0.25, 0.3) is 0 Å². The van der Waals surface area contributed by atoms with Gasteiger partial charge in [-0.3, -0.25) is 9.69 Å². The van der Waals surface area contributed by atoms with Gasteiger partial charge in [0.15, 0.2) is 0 Å². The zero-order valence-electron chi connectivity index (χ0n) is 15.3. The molecule has 4 rings (SSSR count). The molecule has 27 heavy (non-hydrogen) atoms. The first-order valence-corrected chi connectivity index (χ1v) is 8.78. The van der Waals surface area contributed by atoms with Crippen molar-refractivity contribution in [2.24, 2.45) is 0 Å². The molecule has 0 aliphatic carbocycles. The van der Waals surface area contributed by atoms with E-state index in [0.29, 0.717) is 48.9 Å². The van der Waals surface area contributed by atoms with Crippen LogP contribution in [0, 0.1) is 12.7 Å². The lowest BCUT2D eigenvalue weighted by atomic mass is 10.00. The van der Waals surface area contributed by atoms with Crippen LogP contribution in [0.4, 0.5) is 4.39 Å². The molecule has 1 aliphatic rings. The van der Waals surface area contributed by atoms with Crippen molar-refractivity contribution in [2.75, 3.05) is 27.0 Å². The number of nitrogens with zero attached hydrogens (tertiary/aromatic N) is 1. The van der Waals surface area contributed by atoms with E-state index in [4.69, 9.17) is 13.9 Å². The van der Waals surface area contributed by atoms with Gasteiger partial charge in [0.05, 0.1) is 23.1 Å². The standard InChI is InChI=1S/C21H20FNO4/c1-13-19(14-5-3-4-6-17(14)22)20(24)15-7-8-18-16(21(15)27-13)11-23(12-26-18)9-10-25-2/h3-8H,9-12H2,1-2H3. The Bertz CT molecular complexity index is 1060. The zero-order chi connectivity index (χ0) is 19.0. The first kappa shape index (κ1) is 17.7. The highest BCUT2D eigenvalue weighted by atomic mass is 19.1. The molecule has 0 N–H and O–H groups in total. The second kappa shape index (κ2) is 7.13. The Morgan fingerprint density at radius 3 is 2.81 bits per heavy atom. The van der Waals surface area contributed by atoms with Gasteiger partial charge >= 0.3 is 0 Å². The molecule has 0 spiro atoms. The Balaban J connectivity index is 1.87. The average Bonchev–Trinajstić information content (AvgIpc) is 2.67. The SMILES string of the molecule is COCCN1COc2ccc3c(=O)c(-c4ccccc4F)c(C)oc3c2C1. The highest BCUT2D eigenvalue weighted by molar-refractivity contribution is 5.86. The first-order valence-electron chi connectivity index (χ1n) is 8.78. The second-order valence-corrected chi connectivity index (χ2v) is 6.58. The number of halogens is 1. The van der Waals surface area contributed by atoms with Crippen molar-refractivity contribution in [2.45, 2.75) is 13.5 Å². The zero-order valence-corrected chi connectivity index (χ0v) is 15.3. The first-order chi connectivity index (χ1) is 13.1. The fourth-order valence-electron chi connectivity index (χ4n) is 3.46. The summed E-state index contributed by atoms with van der Waals surface area (Å²) in [5.41, 5.74) is 1.60. The van der Waals surface area contributed by atoms with E-state index in [2.05, 4.69) is 4.90 Å². The monoisotopic (exact) mass is 369 g/mol. The van der Waals surface area contributed by atoms with E-state index in [9.17, 15) is 9.18 Å². The maximum absolute atomic E-state index is 14.3. The summed E-state index contributed by atoms with van der Waals surface area (Å²) in [7, 11) is 1.65. The lowest BCUT2D eigenvalue weighted by molar-refractivity contribution is 0.0658. The van der Waals surface area contributed by atoms with Gasteiger partial charge in [-0.2, -0.15) is 0 Å². The van der Waals surface area contributed by atoms with Gasteiger partial charge in [0.2, 0.25) is 5.43 Å². The van der Waals surface area contributed by atoms with Gasteiger partial charge < -0.3 is 13.9 Å². The molecule has 6 heteroatoms. The van der Waals surface area contributed by atoms with Gasteiger partial charge in [0.1, 0.15) is 29.6 Å². The molecular formula is C21H20FNO4. The van der Waals surface area contributed by atoms with Crippen LogP contribution in [0.1, 0.15) is 11.3 Å². The minimum Gasteiger partial charge on any atom is -0.478 e. The maximum atomic E-state index is 14.3. The average molecular weight is 369 g/mol. The maximum Gasteiger partial charge on any atom is 0.200 e. The fraction of sp³-hybridized carbons (Fsp3) is 0.286. The van der Waals surface area contributed by atoms with Gasteiger partial charge in [-0.15, -0.1) is 0 Å². The number of rotatable bonds is 4. The molecule has 1 aromatic heterocycles. The smallest absolute Gasteiger partial charge is 0.200 e. The van der Waals surface area contributed by atoms with E-state index in [1.165, 1.54) is 6.07 Å². The quantitative estimate of drug-likeness (QED) is 0.702. The Labute approximate surface area is 155 Å². The molecule has 1 aliphatic heterocycles. The lowest BCUT2D eigenvalue weighted by Gasteiger charge is -2.29. The molecule has 2 heterocycles. The van der Waals surface area contributed by atoms with Crippen molar-refractivity contribution in [1.82, 2.24) is 4.90 Å². The van der Waals surface area contributed by atoms with Crippen LogP contribution in [0.3, 0.4) is 0 Å². The van der Waals surface area contributed by atoms with Crippen LogP contribution in [0.2, 0.25) is 0 Å². The Kier molecular flexibility index (Phi) is 4.68. The summed E-state index contributed by atoms with van der Waals surface area (Å²) in [5.74, 6) is 0.650. The largest absolute Gasteiger partial charge is 0.478 e. The molecule has 0 unspecified atom stereocenters. The van der Waals surface area contributed by atoms with Crippen LogP contribution >= 0.6 is 0 Å². The van der Waals surface area contributed by atoms with E-state index in [1.54, 1.807) is 44.4 Å². The van der Waals surface area contributed by atoms with Crippen LogP contribution in [0.25, 0.3) is 22.1 Å². The van der Waals surface area contributed by atoms with Crippen molar-refractivity contribution in [3.63, 3.8) is 0 Å². The van der Waals surface area contributed by atoms with Crippen molar-refractivity contribution in [3.8, 4) is 16.9 Å². The van der Waals surface area contributed by atoms with Crippen LogP contribution in [0.15, 0.2) is 45.6 Å². The highest BCUT2D eigenvalue weighted by Gasteiger charge is 2.24. The third-order valence-corrected chi connectivity index (χ3v) is 4.84. The Morgan fingerprint density at radius 1 is 1.22 bits per heavy atom. The van der Waals surface area contributed by atoms with Crippen LogP contribution in [-0.2, 0) is 11.3 Å². The minimum atomic E-state index is -0.445. The summed E-state index contributed by atoms with van der Waals surface area (Å²) >= 11 is 0. The van der Waals surface area contributed by atoms with E-state index >= 15 is 0 Å². The van der Waals surface area contributed by atoms with Gasteiger partial charge in [-0.1, -0.05) is 18.2 Å². The van der Waals surface area contributed by atoms with E-state index < -0.39 is 5.82 Å². The molecule has 0 bridgehead atoms. The van der Waals surface area contributed by atoms with Crippen LogP contribution in [-0.4, -0.2) is 31.9 Å². The summed E-state index contributed by atoms with van der Waals surface area (Å²) in [6, 6.07) is 9.70. The third kappa shape index (κ3) is 3.11. The minimum absolute atomic E-state index is 0.240. The Morgan fingerprint density at radius 2 is 2.04 bits per heavy atom. The number of ether oxygens (including phenoxy) is 2. The summed E-state index contributed by atoms with van der Waals surface area (Å²) in [6.07, 6.45) is 0. The van der Waals surface area contributed by atoms with Gasteiger partial charge in [0, 0.05) is 25.8 Å². The summed E-state index contributed by atoms with van der Waals surface area (Å²) in [4.78, 5) is 15.2. The third-order valence-electron chi connectivity index (χ3n) is 4.84. The van der Waals surface area contributed by atoms with Crippen molar-refractivity contribution in [1.29, 1.82) is 0 Å². The predicted molar refractivity (Wildman–Crippen MR) is 100 cm³/mol. The normalized spacial score (nSPS) is 14.2. The summed E-state index contributed by atoms with van der Waals surface area (Å²) < 4.78 is 31.2. The molecule has 2 aromatic carbocycles. The van der Waals surface area contributed by atoms with Gasteiger partial charge in [-0.05, 0) is 25.1 Å². The summed E-state index contributed by atoms with van der Waals surface area (Å²) in [6.45, 7) is 4.04. The molecule has 0 fully saturated rings. The van der Waals surface area contributed by atoms with Crippen molar-refractivity contribution in [3.05, 3.63) is 63.8 Å². The van der Waals surface area contributed by atoms with Crippen molar-refractivity contribution < 1.29 is 18.3 Å². The molecule has 0 saturated carbocycles. The summed E-state index contributed by atoms with van der Waals surface area (Å²) in [5, 5.41) is 0.426. The number of aryl methyl sites for hydroxylation is 1. The highest BCUT2D eigenvalue weighted by Crippen LogP contribution is 2.34.